The van der Waals surface area contributed by atoms with Crippen molar-refractivity contribution < 1.29 is 4.79 Å². The zero-order valence-electron chi connectivity index (χ0n) is 14.4. The molecule has 6 heteroatoms. The van der Waals surface area contributed by atoms with Gasteiger partial charge in [0.05, 0.1) is 6.20 Å². The van der Waals surface area contributed by atoms with Gasteiger partial charge in [-0.05, 0) is 34.9 Å². The zero-order chi connectivity index (χ0) is 18.1. The van der Waals surface area contributed by atoms with Gasteiger partial charge in [-0.1, -0.05) is 41.9 Å². The van der Waals surface area contributed by atoms with Crippen molar-refractivity contribution in [1.82, 2.24) is 14.7 Å². The molecule has 0 saturated heterocycles. The van der Waals surface area contributed by atoms with Crippen LogP contribution in [0.15, 0.2) is 60.9 Å². The number of nitrogens with one attached hydrogen (secondary N) is 1. The Kier molecular flexibility index (Phi) is 4.39. The highest BCUT2D eigenvalue weighted by Gasteiger charge is 2.29. The van der Waals surface area contributed by atoms with Crippen LogP contribution < -0.4 is 5.32 Å². The molecule has 3 aromatic rings. The van der Waals surface area contributed by atoms with Crippen LogP contribution in [0.2, 0.25) is 5.02 Å². The minimum atomic E-state index is -0.129. The number of rotatable bonds is 2. The van der Waals surface area contributed by atoms with Crippen LogP contribution in [-0.4, -0.2) is 27.3 Å². The quantitative estimate of drug-likeness (QED) is 0.737. The maximum atomic E-state index is 12.8. The third kappa shape index (κ3) is 3.30. The fraction of sp³-hybridized carbons (Fsp3) is 0.200. The summed E-state index contributed by atoms with van der Waals surface area (Å²) in [4.78, 5) is 14.7. The number of fused-ring (bicyclic) bond motifs is 1. The number of benzene rings is 2. The Morgan fingerprint density at radius 1 is 1.23 bits per heavy atom. The highest BCUT2D eigenvalue weighted by atomic mass is 35.5. The summed E-state index contributed by atoms with van der Waals surface area (Å²) in [5.41, 5.74) is 4.22. The minimum absolute atomic E-state index is 0.110. The molecule has 2 aromatic carbocycles. The summed E-state index contributed by atoms with van der Waals surface area (Å²) in [6.45, 7) is 1.19. The third-order valence-corrected chi connectivity index (χ3v) is 4.92. The van der Waals surface area contributed by atoms with E-state index in [9.17, 15) is 4.79 Å². The number of urea groups is 1. The third-order valence-electron chi connectivity index (χ3n) is 4.68. The molecule has 0 fully saturated rings. The molecular formula is C20H19ClN4O. The topological polar surface area (TPSA) is 50.2 Å². The normalized spacial score (nSPS) is 16.2. The highest BCUT2D eigenvalue weighted by Crippen LogP contribution is 2.33. The van der Waals surface area contributed by atoms with Gasteiger partial charge in [0.25, 0.3) is 0 Å². The second-order valence-electron chi connectivity index (χ2n) is 6.52. The van der Waals surface area contributed by atoms with E-state index < -0.39 is 0 Å². The summed E-state index contributed by atoms with van der Waals surface area (Å²) in [6, 6.07) is 15.3. The maximum absolute atomic E-state index is 12.8. The van der Waals surface area contributed by atoms with E-state index in [1.54, 1.807) is 16.8 Å². The van der Waals surface area contributed by atoms with Gasteiger partial charge in [0.1, 0.15) is 0 Å². The van der Waals surface area contributed by atoms with E-state index in [0.29, 0.717) is 23.8 Å². The summed E-state index contributed by atoms with van der Waals surface area (Å²) < 4.78 is 1.79. The van der Waals surface area contributed by atoms with Gasteiger partial charge in [-0.2, -0.15) is 5.10 Å². The molecule has 26 heavy (non-hydrogen) atoms. The van der Waals surface area contributed by atoms with Crippen LogP contribution in [0, 0.1) is 0 Å². The number of aromatic nitrogens is 2. The van der Waals surface area contributed by atoms with Crippen molar-refractivity contribution in [3.8, 4) is 0 Å². The van der Waals surface area contributed by atoms with Crippen LogP contribution in [0.3, 0.4) is 0 Å². The van der Waals surface area contributed by atoms with Gasteiger partial charge in [0.2, 0.25) is 0 Å². The van der Waals surface area contributed by atoms with Crippen LogP contribution in [0.4, 0.5) is 10.5 Å². The van der Waals surface area contributed by atoms with Crippen molar-refractivity contribution >= 4 is 23.3 Å². The van der Waals surface area contributed by atoms with Gasteiger partial charge < -0.3 is 10.2 Å². The van der Waals surface area contributed by atoms with E-state index in [1.165, 1.54) is 5.56 Å². The van der Waals surface area contributed by atoms with Crippen LogP contribution in [0.5, 0.6) is 0 Å². The molecule has 132 valence electrons. The molecule has 0 bridgehead atoms. The van der Waals surface area contributed by atoms with Gasteiger partial charge in [-0.3, -0.25) is 4.68 Å². The van der Waals surface area contributed by atoms with Crippen molar-refractivity contribution in [2.75, 3.05) is 11.9 Å². The van der Waals surface area contributed by atoms with E-state index in [-0.39, 0.29) is 11.9 Å². The smallest absolute Gasteiger partial charge is 0.319 e. The van der Waals surface area contributed by atoms with Crippen LogP contribution in [0.1, 0.15) is 22.6 Å². The number of anilines is 1. The maximum Gasteiger partial charge on any atom is 0.322 e. The molecule has 2 heterocycles. The molecule has 0 spiro atoms. The van der Waals surface area contributed by atoms with Crippen molar-refractivity contribution in [3.63, 3.8) is 0 Å². The lowest BCUT2D eigenvalue weighted by atomic mass is 9.86. The Morgan fingerprint density at radius 2 is 2.08 bits per heavy atom. The number of carbonyl (C=O) groups is 1. The lowest BCUT2D eigenvalue weighted by molar-refractivity contribution is 0.203. The van der Waals surface area contributed by atoms with Gasteiger partial charge >= 0.3 is 6.03 Å². The van der Waals surface area contributed by atoms with Crippen LogP contribution in [0.25, 0.3) is 0 Å². The summed E-state index contributed by atoms with van der Waals surface area (Å²) in [7, 11) is 1.90. The highest BCUT2D eigenvalue weighted by molar-refractivity contribution is 6.30. The zero-order valence-corrected chi connectivity index (χ0v) is 15.1. The van der Waals surface area contributed by atoms with Crippen molar-refractivity contribution in [3.05, 3.63) is 82.6 Å². The molecule has 0 aliphatic carbocycles. The minimum Gasteiger partial charge on any atom is -0.319 e. The molecule has 2 amide bonds. The Morgan fingerprint density at radius 3 is 2.85 bits per heavy atom. The standard InChI is InChI=1S/C20H19ClN4O/c1-24-11-15(10-22-24)19-13-25(12-14-5-2-3-8-18(14)19)20(26)23-17-7-4-6-16(21)9-17/h2-11,19H,12-13H2,1H3,(H,23,26). The molecule has 4 rings (SSSR count). The van der Waals surface area contributed by atoms with E-state index in [2.05, 4.69) is 22.5 Å². The molecule has 1 aliphatic rings. The van der Waals surface area contributed by atoms with E-state index >= 15 is 0 Å². The predicted octanol–water partition coefficient (Wildman–Crippen LogP) is 4.25. The van der Waals surface area contributed by atoms with E-state index in [4.69, 9.17) is 11.6 Å². The Bertz CT molecular complexity index is 952. The molecule has 5 nitrogen and oxygen atoms in total. The SMILES string of the molecule is Cn1cc(C2CN(C(=O)Nc3cccc(Cl)c3)Cc3ccccc32)cn1. The number of hydrogen-bond donors (Lipinski definition) is 1. The molecule has 1 aromatic heterocycles. The van der Waals surface area contributed by atoms with Gasteiger partial charge in [-0.25, -0.2) is 4.79 Å². The molecule has 1 atom stereocenters. The predicted molar refractivity (Wildman–Crippen MR) is 102 cm³/mol. The van der Waals surface area contributed by atoms with Crippen molar-refractivity contribution in [1.29, 1.82) is 0 Å². The first-order valence-electron chi connectivity index (χ1n) is 8.48. The second kappa shape index (κ2) is 6.84. The van der Waals surface area contributed by atoms with Crippen LogP contribution in [-0.2, 0) is 13.6 Å². The largest absolute Gasteiger partial charge is 0.322 e. The monoisotopic (exact) mass is 366 g/mol. The van der Waals surface area contributed by atoms with E-state index in [1.807, 2.05) is 48.6 Å². The molecule has 1 unspecified atom stereocenters. The summed E-state index contributed by atoms with van der Waals surface area (Å²) >= 11 is 6.01. The van der Waals surface area contributed by atoms with E-state index in [0.717, 1.165) is 11.1 Å². The summed E-state index contributed by atoms with van der Waals surface area (Å²) in [5.74, 6) is 0.110. The Balaban J connectivity index is 1.61. The first kappa shape index (κ1) is 16.7. The van der Waals surface area contributed by atoms with Crippen LogP contribution >= 0.6 is 11.6 Å². The Labute approximate surface area is 157 Å². The van der Waals surface area contributed by atoms with Crippen molar-refractivity contribution in [2.24, 2.45) is 7.05 Å². The number of nitrogens with zero attached hydrogens (tertiary/aromatic N) is 3. The molecule has 1 aliphatic heterocycles. The first-order chi connectivity index (χ1) is 12.6. The summed E-state index contributed by atoms with van der Waals surface area (Å²) in [5, 5.41) is 7.83. The number of carbonyl (C=O) groups excluding carboxylic acids is 1. The van der Waals surface area contributed by atoms with Gasteiger partial charge in [0, 0.05) is 43.0 Å². The fourth-order valence-corrected chi connectivity index (χ4v) is 3.63. The first-order valence-corrected chi connectivity index (χ1v) is 8.86. The molecular weight excluding hydrogens is 348 g/mol. The second-order valence-corrected chi connectivity index (χ2v) is 6.96. The lowest BCUT2D eigenvalue weighted by Gasteiger charge is -2.34. The fourth-order valence-electron chi connectivity index (χ4n) is 3.44. The lowest BCUT2D eigenvalue weighted by Crippen LogP contribution is -2.41. The number of amides is 2. The Hall–Kier alpha value is -2.79. The molecule has 0 radical (unpaired) electrons. The number of halogens is 1. The average molecular weight is 367 g/mol. The number of aryl methyl sites for hydroxylation is 1. The molecule has 1 N–H and O–H groups in total. The average Bonchev–Trinajstić information content (AvgIpc) is 3.07. The van der Waals surface area contributed by atoms with Crippen molar-refractivity contribution in [2.45, 2.75) is 12.5 Å². The number of hydrogen-bond acceptors (Lipinski definition) is 2. The van der Waals surface area contributed by atoms with Gasteiger partial charge in [0.15, 0.2) is 0 Å². The molecule has 0 saturated carbocycles. The summed E-state index contributed by atoms with van der Waals surface area (Å²) in [6.07, 6.45) is 3.89. The van der Waals surface area contributed by atoms with Gasteiger partial charge in [-0.15, -0.1) is 0 Å².